The molecule has 0 aromatic heterocycles. The fraction of sp³-hybridized carbons (Fsp3) is 0.333. The average Bonchev–Trinajstić information content (AvgIpc) is 3.03. The SMILES string of the molecule is CCCCCCc1cccc(Oc2ccccc2O)c1S(=O)(=O)O.CCCCCCc1cccc(Oc2ccccc2[O-])c1S(=O)(=O)[O-].[Ca+2]. The summed E-state index contributed by atoms with van der Waals surface area (Å²) in [6.07, 6.45) is 8.87. The van der Waals surface area contributed by atoms with E-state index in [1.807, 2.05) is 0 Å². The second kappa shape index (κ2) is 20.7. The predicted molar refractivity (Wildman–Crippen MR) is 186 cm³/mol. The van der Waals surface area contributed by atoms with Gasteiger partial charge in [0.25, 0.3) is 10.1 Å². The Morgan fingerprint density at radius 1 is 0.592 bits per heavy atom. The molecule has 2 N–H and O–H groups in total. The number of ether oxygens (including phenoxy) is 2. The van der Waals surface area contributed by atoms with Crippen molar-refractivity contribution in [3.8, 4) is 34.5 Å². The molecule has 4 rings (SSSR count). The molecule has 0 aliphatic rings. The summed E-state index contributed by atoms with van der Waals surface area (Å²) in [6.45, 7) is 4.19. The molecule has 0 saturated heterocycles. The summed E-state index contributed by atoms with van der Waals surface area (Å²) in [5.74, 6) is -0.448. The summed E-state index contributed by atoms with van der Waals surface area (Å²) in [7, 11) is -9.16. The van der Waals surface area contributed by atoms with Crippen LogP contribution in [0.4, 0.5) is 0 Å². The van der Waals surface area contributed by atoms with E-state index in [0.29, 0.717) is 24.0 Å². The summed E-state index contributed by atoms with van der Waals surface area (Å²) < 4.78 is 79.5. The Morgan fingerprint density at radius 3 is 1.53 bits per heavy atom. The second-order valence-electron chi connectivity index (χ2n) is 11.2. The minimum absolute atomic E-state index is 0. The molecule has 0 bridgehead atoms. The zero-order chi connectivity index (χ0) is 35.2. The Morgan fingerprint density at radius 2 is 1.04 bits per heavy atom. The number of hydrogen-bond acceptors (Lipinski definition) is 9. The third kappa shape index (κ3) is 13.4. The van der Waals surface area contributed by atoms with Crippen LogP contribution in [-0.4, -0.2) is 68.8 Å². The van der Waals surface area contributed by atoms with E-state index in [0.717, 1.165) is 51.4 Å². The van der Waals surface area contributed by atoms with Crippen molar-refractivity contribution < 1.29 is 45.6 Å². The molecule has 0 aliphatic heterocycles. The van der Waals surface area contributed by atoms with Gasteiger partial charge in [-0.25, -0.2) is 8.42 Å². The van der Waals surface area contributed by atoms with Crippen LogP contribution in [0.2, 0.25) is 0 Å². The number of benzene rings is 4. The van der Waals surface area contributed by atoms with E-state index in [2.05, 4.69) is 13.8 Å². The average molecular weight is 739 g/mol. The van der Waals surface area contributed by atoms with Crippen LogP contribution in [0.15, 0.2) is 94.7 Å². The topological polar surface area (TPSA) is 173 Å². The molecule has 0 unspecified atom stereocenters. The van der Waals surface area contributed by atoms with Crippen molar-refractivity contribution in [2.45, 2.75) is 87.8 Å². The van der Waals surface area contributed by atoms with Gasteiger partial charge in [0.2, 0.25) is 0 Å². The second-order valence-corrected chi connectivity index (χ2v) is 13.8. The smallest absolute Gasteiger partial charge is 0.870 e. The van der Waals surface area contributed by atoms with Gasteiger partial charge in [-0.1, -0.05) is 113 Å². The number of phenols is 1. The first-order chi connectivity index (χ1) is 22.9. The van der Waals surface area contributed by atoms with E-state index in [-0.39, 0.29) is 82.0 Å². The minimum Gasteiger partial charge on any atom is -0.870 e. The summed E-state index contributed by atoms with van der Waals surface area (Å²) >= 11 is 0. The van der Waals surface area contributed by atoms with Crippen molar-refractivity contribution in [2.75, 3.05) is 0 Å². The molecule has 0 radical (unpaired) electrons. The largest absolute Gasteiger partial charge is 2.00 e. The first kappa shape index (κ1) is 42.3. The number of unbranched alkanes of at least 4 members (excludes halogenated alkanes) is 6. The van der Waals surface area contributed by atoms with Gasteiger partial charge in [0.15, 0.2) is 11.5 Å². The van der Waals surface area contributed by atoms with Crippen LogP contribution in [0.5, 0.6) is 34.5 Å². The zero-order valence-electron chi connectivity index (χ0n) is 27.8. The van der Waals surface area contributed by atoms with Gasteiger partial charge in [-0.2, -0.15) is 8.42 Å². The van der Waals surface area contributed by atoms with Crippen molar-refractivity contribution >= 4 is 58.0 Å². The molecule has 13 heteroatoms. The minimum atomic E-state index is -4.72. The first-order valence-electron chi connectivity index (χ1n) is 15.9. The first-order valence-corrected chi connectivity index (χ1v) is 18.8. The van der Waals surface area contributed by atoms with E-state index >= 15 is 0 Å². The number of aromatic hydroxyl groups is 1. The zero-order valence-corrected chi connectivity index (χ0v) is 31.7. The molecule has 0 amide bonds. The van der Waals surface area contributed by atoms with Gasteiger partial charge in [-0.3, -0.25) is 4.55 Å². The van der Waals surface area contributed by atoms with Gasteiger partial charge >= 0.3 is 37.7 Å². The molecule has 0 aliphatic carbocycles. The van der Waals surface area contributed by atoms with Gasteiger partial charge in [0.1, 0.15) is 37.2 Å². The Bertz CT molecular complexity index is 1710. The molecule has 10 nitrogen and oxygen atoms in total. The van der Waals surface area contributed by atoms with Crippen LogP contribution in [0.1, 0.15) is 76.3 Å². The van der Waals surface area contributed by atoms with E-state index in [9.17, 15) is 36.2 Å². The number of para-hydroxylation sites is 4. The van der Waals surface area contributed by atoms with Gasteiger partial charge in [0.05, 0.1) is 0 Å². The van der Waals surface area contributed by atoms with Crippen LogP contribution in [0, 0.1) is 0 Å². The molecule has 0 spiro atoms. The van der Waals surface area contributed by atoms with Crippen LogP contribution in [0.3, 0.4) is 0 Å². The molecular weight excluding hydrogens is 697 g/mol. The van der Waals surface area contributed by atoms with Gasteiger partial charge in [-0.15, -0.1) is 0 Å². The van der Waals surface area contributed by atoms with E-state index < -0.39 is 20.2 Å². The molecule has 260 valence electrons. The van der Waals surface area contributed by atoms with Gasteiger partial charge in [-0.05, 0) is 67.1 Å². The Kier molecular flexibility index (Phi) is 17.9. The third-order valence-electron chi connectivity index (χ3n) is 7.38. The summed E-state index contributed by atoms with van der Waals surface area (Å²) in [4.78, 5) is -0.602. The standard InChI is InChI=1S/2C18H22O5S.Ca/c2*1-2-3-4-5-9-14-10-8-13-17(18(14)24(20,21)22)23-16-12-7-6-11-15(16)19;/h2*6-8,10-13,19H,2-5,9H2,1H3,(H,20,21,22);/q;;+2/p-2. The van der Waals surface area contributed by atoms with E-state index in [1.165, 1.54) is 36.4 Å². The van der Waals surface area contributed by atoms with Crippen LogP contribution >= 0.6 is 0 Å². The quantitative estimate of drug-likeness (QED) is 0.0657. The summed E-state index contributed by atoms with van der Waals surface area (Å²) in [6, 6.07) is 21.7. The molecular formula is C36H42CaO10S2. The molecule has 4 aromatic carbocycles. The maximum absolute atomic E-state index is 11.9. The van der Waals surface area contributed by atoms with Crippen molar-refractivity contribution in [3.05, 3.63) is 96.1 Å². The maximum atomic E-state index is 11.9. The van der Waals surface area contributed by atoms with Crippen LogP contribution in [0.25, 0.3) is 0 Å². The molecule has 4 aromatic rings. The normalized spacial score (nSPS) is 11.2. The Hall–Kier alpha value is -2.84. The van der Waals surface area contributed by atoms with Crippen molar-refractivity contribution in [2.24, 2.45) is 0 Å². The Labute approximate surface area is 319 Å². The molecule has 0 heterocycles. The molecule has 0 atom stereocenters. The fourth-order valence-corrected chi connectivity index (χ4v) is 6.77. The number of aryl methyl sites for hydroxylation is 2. The third-order valence-corrected chi connectivity index (χ3v) is 9.33. The molecule has 0 fully saturated rings. The summed E-state index contributed by atoms with van der Waals surface area (Å²) in [5.41, 5.74) is 0.948. The number of phenolic OH excluding ortho intramolecular Hbond substituents is 1. The van der Waals surface area contributed by atoms with Crippen molar-refractivity contribution in [3.63, 3.8) is 0 Å². The van der Waals surface area contributed by atoms with E-state index in [4.69, 9.17) is 9.47 Å². The predicted octanol–water partition coefficient (Wildman–Crippen LogP) is 7.75. The van der Waals surface area contributed by atoms with E-state index in [1.54, 1.807) is 48.5 Å². The van der Waals surface area contributed by atoms with Crippen LogP contribution in [-0.2, 0) is 33.1 Å². The van der Waals surface area contributed by atoms with Crippen molar-refractivity contribution in [1.82, 2.24) is 0 Å². The summed E-state index contributed by atoms with van der Waals surface area (Å²) in [5, 5.41) is 21.6. The Balaban J connectivity index is 0.000000333. The molecule has 49 heavy (non-hydrogen) atoms. The number of rotatable bonds is 16. The molecule has 0 saturated carbocycles. The van der Waals surface area contributed by atoms with Gasteiger partial charge in [0, 0.05) is 0 Å². The number of hydrogen-bond donors (Lipinski definition) is 2. The fourth-order valence-electron chi connectivity index (χ4n) is 5.05. The van der Waals surface area contributed by atoms with Crippen LogP contribution < -0.4 is 14.6 Å². The maximum Gasteiger partial charge on any atom is 2.00 e. The van der Waals surface area contributed by atoms with Gasteiger partial charge < -0.3 is 24.2 Å². The van der Waals surface area contributed by atoms with Crippen molar-refractivity contribution in [1.29, 1.82) is 0 Å². The monoisotopic (exact) mass is 738 g/mol.